The molecule has 0 aliphatic carbocycles. The molecule has 0 unspecified atom stereocenters. The van der Waals surface area contributed by atoms with Crippen LogP contribution in [0.3, 0.4) is 0 Å². The highest BCUT2D eigenvalue weighted by atomic mass is 32.2. The Morgan fingerprint density at radius 3 is 2.92 bits per heavy atom. The quantitative estimate of drug-likeness (QED) is 0.813. The summed E-state index contributed by atoms with van der Waals surface area (Å²) in [6, 6.07) is 9.92. The maximum absolute atomic E-state index is 12.3. The van der Waals surface area contributed by atoms with E-state index >= 15 is 0 Å². The van der Waals surface area contributed by atoms with Crippen molar-refractivity contribution in [2.75, 3.05) is 13.2 Å². The van der Waals surface area contributed by atoms with E-state index in [0.717, 1.165) is 36.1 Å². The molecule has 2 heterocycles. The zero-order valence-electron chi connectivity index (χ0n) is 13.9. The number of nitrogens with zero attached hydrogens (tertiary/aromatic N) is 3. The fourth-order valence-electron chi connectivity index (χ4n) is 2.67. The van der Waals surface area contributed by atoms with Gasteiger partial charge in [0.05, 0.1) is 11.4 Å². The molecule has 1 amide bonds. The van der Waals surface area contributed by atoms with Gasteiger partial charge in [-0.1, -0.05) is 30.0 Å². The van der Waals surface area contributed by atoms with E-state index in [1.54, 1.807) is 0 Å². The Bertz CT molecular complexity index is 683. The third kappa shape index (κ3) is 3.96. The van der Waals surface area contributed by atoms with Gasteiger partial charge in [-0.05, 0) is 38.8 Å². The highest BCUT2D eigenvalue weighted by molar-refractivity contribution is 8.00. The van der Waals surface area contributed by atoms with Crippen LogP contribution in [-0.2, 0) is 9.53 Å². The molecule has 0 spiro atoms. The number of carbonyl (C=O) groups excluding carboxylic acids is 1. The van der Waals surface area contributed by atoms with E-state index in [4.69, 9.17) is 4.74 Å². The molecule has 3 rings (SSSR count). The van der Waals surface area contributed by atoms with Gasteiger partial charge in [-0.25, -0.2) is 0 Å². The van der Waals surface area contributed by atoms with E-state index < -0.39 is 0 Å². The van der Waals surface area contributed by atoms with Gasteiger partial charge in [-0.15, -0.1) is 10.2 Å². The SMILES string of the molecule is Cc1nnc(S[C@H](C)C(=O)NC[C@H]2CCCO2)n1-c1ccccc1. The molecular formula is C17H22N4O2S. The zero-order chi connectivity index (χ0) is 16.9. The van der Waals surface area contributed by atoms with Gasteiger partial charge in [-0.2, -0.15) is 0 Å². The second kappa shape index (κ2) is 7.81. The van der Waals surface area contributed by atoms with Crippen LogP contribution < -0.4 is 5.32 Å². The predicted molar refractivity (Wildman–Crippen MR) is 93.4 cm³/mol. The van der Waals surface area contributed by atoms with Gasteiger partial charge in [0.25, 0.3) is 0 Å². The third-order valence-corrected chi connectivity index (χ3v) is 5.03. The molecule has 24 heavy (non-hydrogen) atoms. The van der Waals surface area contributed by atoms with Crippen LogP contribution in [-0.4, -0.2) is 45.2 Å². The first-order valence-corrected chi connectivity index (χ1v) is 9.06. The maximum atomic E-state index is 12.3. The first-order chi connectivity index (χ1) is 11.6. The van der Waals surface area contributed by atoms with E-state index in [1.807, 2.05) is 48.7 Å². The summed E-state index contributed by atoms with van der Waals surface area (Å²) >= 11 is 1.41. The van der Waals surface area contributed by atoms with Gasteiger partial charge in [0, 0.05) is 18.8 Å². The summed E-state index contributed by atoms with van der Waals surface area (Å²) in [5, 5.41) is 11.8. The number of thioether (sulfide) groups is 1. The Morgan fingerprint density at radius 2 is 2.21 bits per heavy atom. The van der Waals surface area contributed by atoms with E-state index in [-0.39, 0.29) is 17.3 Å². The van der Waals surface area contributed by atoms with Crippen molar-refractivity contribution in [2.24, 2.45) is 0 Å². The Morgan fingerprint density at radius 1 is 1.42 bits per heavy atom. The Balaban J connectivity index is 1.64. The fourth-order valence-corrected chi connectivity index (χ4v) is 3.61. The second-order valence-electron chi connectivity index (χ2n) is 5.84. The lowest BCUT2D eigenvalue weighted by molar-refractivity contribution is -0.120. The van der Waals surface area contributed by atoms with E-state index in [1.165, 1.54) is 11.8 Å². The summed E-state index contributed by atoms with van der Waals surface area (Å²) in [4.78, 5) is 12.3. The number of aryl methyl sites for hydroxylation is 1. The lowest BCUT2D eigenvalue weighted by Gasteiger charge is -2.15. The smallest absolute Gasteiger partial charge is 0.233 e. The van der Waals surface area contributed by atoms with Crippen molar-refractivity contribution in [2.45, 2.75) is 43.2 Å². The number of hydrogen-bond acceptors (Lipinski definition) is 5. The molecule has 2 atom stereocenters. The Hall–Kier alpha value is -1.86. The summed E-state index contributed by atoms with van der Waals surface area (Å²) in [7, 11) is 0. The summed E-state index contributed by atoms with van der Waals surface area (Å²) < 4.78 is 7.50. The van der Waals surface area contributed by atoms with Crippen LogP contribution in [0.4, 0.5) is 0 Å². The van der Waals surface area contributed by atoms with Crippen LogP contribution >= 0.6 is 11.8 Å². The maximum Gasteiger partial charge on any atom is 0.233 e. The summed E-state index contributed by atoms with van der Waals surface area (Å²) in [6.45, 7) is 5.17. The minimum atomic E-state index is -0.252. The lowest BCUT2D eigenvalue weighted by Crippen LogP contribution is -2.36. The molecule has 7 heteroatoms. The van der Waals surface area contributed by atoms with Gasteiger partial charge >= 0.3 is 0 Å². The lowest BCUT2D eigenvalue weighted by atomic mass is 10.2. The molecule has 1 N–H and O–H groups in total. The Kier molecular flexibility index (Phi) is 5.52. The number of benzene rings is 1. The monoisotopic (exact) mass is 346 g/mol. The number of hydrogen-bond donors (Lipinski definition) is 1. The number of carbonyl (C=O) groups is 1. The first kappa shape index (κ1) is 17.0. The van der Waals surface area contributed by atoms with E-state index in [0.29, 0.717) is 6.54 Å². The molecule has 1 fully saturated rings. The topological polar surface area (TPSA) is 69.0 Å². The van der Waals surface area contributed by atoms with Gasteiger partial charge in [0.2, 0.25) is 5.91 Å². The molecule has 0 bridgehead atoms. The standard InChI is InChI=1S/C17H22N4O2S/c1-12(16(22)18-11-15-9-6-10-23-15)24-17-20-19-13(2)21(17)14-7-4-3-5-8-14/h3-5,7-8,12,15H,6,9-11H2,1-2H3,(H,18,22)/t12-,15-/m1/s1. The van der Waals surface area contributed by atoms with Gasteiger partial charge < -0.3 is 10.1 Å². The van der Waals surface area contributed by atoms with Crippen LogP contribution in [0.25, 0.3) is 5.69 Å². The fraction of sp³-hybridized carbons (Fsp3) is 0.471. The molecule has 1 aromatic carbocycles. The number of rotatable bonds is 6. The summed E-state index contributed by atoms with van der Waals surface area (Å²) in [6.07, 6.45) is 2.24. The van der Waals surface area contributed by atoms with Gasteiger partial charge in [0.1, 0.15) is 5.82 Å². The van der Waals surface area contributed by atoms with Gasteiger partial charge in [-0.3, -0.25) is 9.36 Å². The average molecular weight is 346 g/mol. The molecule has 1 aliphatic heterocycles. The highest BCUT2D eigenvalue weighted by Crippen LogP contribution is 2.25. The number of aromatic nitrogens is 3. The van der Waals surface area contributed by atoms with Crippen molar-refractivity contribution in [1.29, 1.82) is 0 Å². The minimum absolute atomic E-state index is 0.00392. The number of para-hydroxylation sites is 1. The van der Waals surface area contributed by atoms with Gasteiger partial charge in [0.15, 0.2) is 5.16 Å². The molecule has 0 radical (unpaired) electrons. The normalized spacial score (nSPS) is 18.5. The largest absolute Gasteiger partial charge is 0.376 e. The summed E-state index contributed by atoms with van der Waals surface area (Å²) in [5.41, 5.74) is 0.995. The van der Waals surface area contributed by atoms with E-state index in [9.17, 15) is 4.79 Å². The van der Waals surface area contributed by atoms with Crippen LogP contribution in [0, 0.1) is 6.92 Å². The number of amides is 1. The van der Waals surface area contributed by atoms with Crippen LogP contribution in [0.15, 0.2) is 35.5 Å². The molecule has 6 nitrogen and oxygen atoms in total. The highest BCUT2D eigenvalue weighted by Gasteiger charge is 2.22. The average Bonchev–Trinajstić information content (AvgIpc) is 3.23. The van der Waals surface area contributed by atoms with Crippen LogP contribution in [0.2, 0.25) is 0 Å². The molecular weight excluding hydrogens is 324 g/mol. The zero-order valence-corrected chi connectivity index (χ0v) is 14.8. The first-order valence-electron chi connectivity index (χ1n) is 8.18. The molecule has 2 aromatic rings. The minimum Gasteiger partial charge on any atom is -0.376 e. The van der Waals surface area contributed by atoms with Crippen molar-refractivity contribution >= 4 is 17.7 Å². The molecule has 0 saturated carbocycles. The van der Waals surface area contributed by atoms with Crippen molar-refractivity contribution < 1.29 is 9.53 Å². The van der Waals surface area contributed by atoms with E-state index in [2.05, 4.69) is 15.5 Å². The van der Waals surface area contributed by atoms with Crippen molar-refractivity contribution in [3.05, 3.63) is 36.2 Å². The third-order valence-electron chi connectivity index (χ3n) is 3.99. The number of ether oxygens (including phenoxy) is 1. The molecule has 1 aromatic heterocycles. The number of nitrogens with one attached hydrogen (secondary N) is 1. The Labute approximate surface area is 146 Å². The van der Waals surface area contributed by atoms with Crippen molar-refractivity contribution in [1.82, 2.24) is 20.1 Å². The summed E-state index contributed by atoms with van der Waals surface area (Å²) in [5.74, 6) is 0.798. The van der Waals surface area contributed by atoms with Crippen LogP contribution in [0.5, 0.6) is 0 Å². The second-order valence-corrected chi connectivity index (χ2v) is 7.15. The van der Waals surface area contributed by atoms with Crippen molar-refractivity contribution in [3.63, 3.8) is 0 Å². The molecule has 1 saturated heterocycles. The molecule has 1 aliphatic rings. The van der Waals surface area contributed by atoms with Crippen molar-refractivity contribution in [3.8, 4) is 5.69 Å². The predicted octanol–water partition coefficient (Wildman–Crippen LogP) is 2.35. The molecule has 128 valence electrons. The van der Waals surface area contributed by atoms with Crippen LogP contribution in [0.1, 0.15) is 25.6 Å².